The number of sulfonamides is 1. The van der Waals surface area contributed by atoms with Gasteiger partial charge in [0.2, 0.25) is 0 Å². The Bertz CT molecular complexity index is 738. The van der Waals surface area contributed by atoms with Gasteiger partial charge in [-0.2, -0.15) is 13.5 Å². The molecule has 0 aromatic heterocycles. The Balaban J connectivity index is 1.98. The molecule has 0 radical (unpaired) electrons. The van der Waals surface area contributed by atoms with Crippen LogP contribution in [0.1, 0.15) is 27.2 Å². The summed E-state index contributed by atoms with van der Waals surface area (Å²) in [6.07, 6.45) is 0.115. The number of ether oxygens (including phenoxy) is 2. The van der Waals surface area contributed by atoms with Crippen molar-refractivity contribution < 1.29 is 22.7 Å². The fraction of sp³-hybridized carbons (Fsp3) is 0.562. The highest BCUT2D eigenvalue weighted by Crippen LogP contribution is 2.20. The fourth-order valence-electron chi connectivity index (χ4n) is 2.25. The van der Waals surface area contributed by atoms with Crippen LogP contribution in [0.2, 0.25) is 0 Å². The van der Waals surface area contributed by atoms with E-state index in [-0.39, 0.29) is 17.5 Å². The van der Waals surface area contributed by atoms with Crippen molar-refractivity contribution in [2.24, 2.45) is 9.63 Å². The van der Waals surface area contributed by atoms with Gasteiger partial charge in [0, 0.05) is 13.1 Å². The lowest BCUT2D eigenvalue weighted by molar-refractivity contribution is 0.0292. The quantitative estimate of drug-likeness (QED) is 0.760. The van der Waals surface area contributed by atoms with E-state index in [1.165, 1.54) is 24.1 Å². The average molecular weight is 369 g/mol. The van der Waals surface area contributed by atoms with Crippen LogP contribution in [0.15, 0.2) is 38.8 Å². The molecule has 1 heterocycles. The Morgan fingerprint density at radius 3 is 2.44 bits per heavy atom. The Morgan fingerprint density at radius 1 is 1.24 bits per heavy atom. The van der Waals surface area contributed by atoms with Crippen LogP contribution in [0.3, 0.4) is 0 Å². The summed E-state index contributed by atoms with van der Waals surface area (Å²) in [6.45, 7) is 6.12. The van der Waals surface area contributed by atoms with E-state index >= 15 is 0 Å². The molecule has 0 N–H and O–H groups in total. The molecular weight excluding hydrogens is 346 g/mol. The van der Waals surface area contributed by atoms with Crippen molar-refractivity contribution in [1.29, 1.82) is 0 Å². The van der Waals surface area contributed by atoms with Crippen molar-refractivity contribution in [3.63, 3.8) is 0 Å². The largest absolute Gasteiger partial charge is 0.497 e. The molecule has 25 heavy (non-hydrogen) atoms. The fourth-order valence-corrected chi connectivity index (χ4v) is 3.08. The third kappa shape index (κ3) is 5.42. The van der Waals surface area contributed by atoms with Gasteiger partial charge in [-0.05, 0) is 51.5 Å². The van der Waals surface area contributed by atoms with Crippen molar-refractivity contribution in [3.8, 4) is 5.75 Å². The standard InChI is InChI=1S/C16H23N3O5S/c1-16(2,3)24-15(20)19-10-9-12(11-19)17-18-25(21,22)14-7-5-13(23-4)6-8-14/h5-8,12H,9-11H2,1-4H3. The highest BCUT2D eigenvalue weighted by molar-refractivity contribution is 7.90. The van der Waals surface area contributed by atoms with Gasteiger partial charge in [0.15, 0.2) is 0 Å². The van der Waals surface area contributed by atoms with E-state index in [0.717, 1.165) is 0 Å². The third-order valence-electron chi connectivity index (χ3n) is 3.49. The second-order valence-corrected chi connectivity index (χ2v) is 8.30. The zero-order valence-corrected chi connectivity index (χ0v) is 15.6. The molecule has 8 nitrogen and oxygen atoms in total. The highest BCUT2D eigenvalue weighted by atomic mass is 32.2. The second kappa shape index (κ2) is 7.38. The van der Waals surface area contributed by atoms with Crippen LogP contribution in [-0.2, 0) is 14.8 Å². The van der Waals surface area contributed by atoms with E-state index in [9.17, 15) is 13.2 Å². The van der Waals surface area contributed by atoms with Crippen molar-refractivity contribution in [2.45, 2.75) is 43.7 Å². The minimum absolute atomic E-state index is 0.0408. The Labute approximate surface area is 147 Å². The van der Waals surface area contributed by atoms with E-state index in [1.807, 2.05) is 0 Å². The van der Waals surface area contributed by atoms with Gasteiger partial charge < -0.3 is 14.4 Å². The number of benzene rings is 1. The maximum atomic E-state index is 12.2. The monoisotopic (exact) mass is 369 g/mol. The number of hydrogen-bond acceptors (Lipinski definition) is 6. The number of nitrogens with zero attached hydrogens (tertiary/aromatic N) is 3. The predicted octanol–water partition coefficient (Wildman–Crippen LogP) is 2.85. The van der Waals surface area contributed by atoms with Crippen LogP contribution in [0.4, 0.5) is 4.79 Å². The van der Waals surface area contributed by atoms with E-state index in [0.29, 0.717) is 18.7 Å². The molecule has 1 aliphatic rings. The molecule has 1 atom stereocenters. The maximum Gasteiger partial charge on any atom is 0.410 e. The molecule has 1 aromatic rings. The van der Waals surface area contributed by atoms with E-state index in [4.69, 9.17) is 9.47 Å². The molecule has 1 aromatic carbocycles. The molecule has 1 saturated heterocycles. The van der Waals surface area contributed by atoms with E-state index in [2.05, 4.69) is 9.63 Å². The minimum atomic E-state index is -3.87. The van der Waals surface area contributed by atoms with Gasteiger partial charge in [0.25, 0.3) is 10.0 Å². The molecular formula is C16H23N3O5S. The number of rotatable bonds is 4. The molecule has 0 aliphatic carbocycles. The van der Waals surface area contributed by atoms with Gasteiger partial charge in [-0.25, -0.2) is 4.79 Å². The molecule has 1 fully saturated rings. The molecule has 1 unspecified atom stereocenters. The van der Waals surface area contributed by atoms with Crippen molar-refractivity contribution in [3.05, 3.63) is 24.3 Å². The van der Waals surface area contributed by atoms with E-state index in [1.54, 1.807) is 32.9 Å². The second-order valence-electron chi connectivity index (χ2n) is 6.72. The summed E-state index contributed by atoms with van der Waals surface area (Å²) in [6, 6.07) is 5.55. The Hall–Kier alpha value is -2.16. The number of carbonyl (C=O) groups excluding carboxylic acids is 1. The zero-order valence-electron chi connectivity index (χ0n) is 14.8. The van der Waals surface area contributed by atoms with Gasteiger partial charge in [0.05, 0.1) is 18.0 Å². The van der Waals surface area contributed by atoms with Crippen LogP contribution < -0.4 is 4.74 Å². The normalized spacial score (nSPS) is 18.6. The summed E-state index contributed by atoms with van der Waals surface area (Å²) < 4.78 is 38.2. The van der Waals surface area contributed by atoms with Gasteiger partial charge >= 0.3 is 6.09 Å². The number of methoxy groups -OCH3 is 1. The molecule has 0 bridgehead atoms. The van der Waals surface area contributed by atoms with Crippen molar-refractivity contribution >= 4 is 16.1 Å². The number of carbonyl (C=O) groups is 1. The van der Waals surface area contributed by atoms with Crippen LogP contribution in [0.25, 0.3) is 0 Å². The Morgan fingerprint density at radius 2 is 1.88 bits per heavy atom. The third-order valence-corrected chi connectivity index (χ3v) is 4.67. The predicted molar refractivity (Wildman–Crippen MR) is 91.2 cm³/mol. The van der Waals surface area contributed by atoms with Crippen LogP contribution in [0.5, 0.6) is 5.75 Å². The summed E-state index contributed by atoms with van der Waals surface area (Å²) in [7, 11) is -2.37. The first kappa shape index (κ1) is 19.2. The number of amides is 1. The average Bonchev–Trinajstić information content (AvgIpc) is 3.01. The van der Waals surface area contributed by atoms with Crippen LogP contribution in [-0.4, -0.2) is 51.3 Å². The maximum absolute atomic E-state index is 12.2. The van der Waals surface area contributed by atoms with Crippen LogP contribution in [0, 0.1) is 0 Å². The Kier molecular flexibility index (Phi) is 5.66. The van der Waals surface area contributed by atoms with Crippen molar-refractivity contribution in [2.75, 3.05) is 20.2 Å². The lowest BCUT2D eigenvalue weighted by atomic mass is 10.2. The van der Waals surface area contributed by atoms with Gasteiger partial charge in [-0.3, -0.25) is 0 Å². The van der Waals surface area contributed by atoms with E-state index < -0.39 is 21.7 Å². The number of likely N-dealkylation sites (tertiary alicyclic amines) is 1. The van der Waals surface area contributed by atoms with Crippen molar-refractivity contribution in [1.82, 2.24) is 4.90 Å². The summed E-state index contributed by atoms with van der Waals surface area (Å²) in [5.74, 6) is 0.555. The molecule has 138 valence electrons. The lowest BCUT2D eigenvalue weighted by Gasteiger charge is -2.24. The summed E-state index contributed by atoms with van der Waals surface area (Å²) in [5, 5.41) is 3.90. The molecule has 1 amide bonds. The van der Waals surface area contributed by atoms with Crippen LogP contribution >= 0.6 is 0 Å². The smallest absolute Gasteiger partial charge is 0.410 e. The highest BCUT2D eigenvalue weighted by Gasteiger charge is 2.30. The topological polar surface area (TPSA) is 97.6 Å². The SMILES string of the molecule is COc1ccc(S(=O)(=O)N=NC2CCN(C(=O)OC(C)(C)C)C2)cc1. The van der Waals surface area contributed by atoms with Gasteiger partial charge in [-0.15, -0.1) is 0 Å². The first-order valence-electron chi connectivity index (χ1n) is 7.90. The number of hydrogen-bond donors (Lipinski definition) is 0. The first-order chi connectivity index (χ1) is 11.6. The summed E-state index contributed by atoms with van der Waals surface area (Å²) >= 11 is 0. The molecule has 1 aliphatic heterocycles. The minimum Gasteiger partial charge on any atom is -0.497 e. The lowest BCUT2D eigenvalue weighted by Crippen LogP contribution is -2.35. The molecule has 9 heteroatoms. The zero-order chi connectivity index (χ0) is 18.7. The van der Waals surface area contributed by atoms with Gasteiger partial charge in [-0.1, -0.05) is 4.52 Å². The molecule has 2 rings (SSSR count). The molecule has 0 saturated carbocycles. The summed E-state index contributed by atoms with van der Waals surface area (Å²) in [4.78, 5) is 13.5. The van der Waals surface area contributed by atoms with Gasteiger partial charge in [0.1, 0.15) is 11.4 Å². The summed E-state index contributed by atoms with van der Waals surface area (Å²) in [5.41, 5.74) is -0.575. The molecule has 0 spiro atoms. The first-order valence-corrected chi connectivity index (χ1v) is 9.34.